The highest BCUT2D eigenvalue weighted by molar-refractivity contribution is 6.01. The van der Waals surface area contributed by atoms with Crippen molar-refractivity contribution in [2.75, 3.05) is 7.11 Å². The number of ketones is 1. The molecule has 2 unspecified atom stereocenters. The van der Waals surface area contributed by atoms with Gasteiger partial charge in [-0.2, -0.15) is 0 Å². The van der Waals surface area contributed by atoms with Crippen LogP contribution in [-0.2, 0) is 9.53 Å². The van der Waals surface area contributed by atoms with E-state index in [0.29, 0.717) is 17.7 Å². The molecule has 1 aromatic rings. The third kappa shape index (κ3) is 3.00. The Morgan fingerprint density at radius 2 is 2.05 bits per heavy atom. The van der Waals surface area contributed by atoms with Gasteiger partial charge < -0.3 is 9.47 Å². The van der Waals surface area contributed by atoms with Gasteiger partial charge in [-0.1, -0.05) is 25.5 Å². The van der Waals surface area contributed by atoms with Crippen LogP contribution in [-0.4, -0.2) is 25.0 Å². The quantitative estimate of drug-likeness (QED) is 0.776. The van der Waals surface area contributed by atoms with Gasteiger partial charge in [0.15, 0.2) is 5.78 Å². The summed E-state index contributed by atoms with van der Waals surface area (Å²) >= 11 is 0. The Labute approximate surface area is 119 Å². The Bertz CT molecular complexity index is 495. The first-order chi connectivity index (χ1) is 9.67. The Morgan fingerprint density at radius 3 is 2.75 bits per heavy atom. The van der Waals surface area contributed by atoms with E-state index in [0.717, 1.165) is 12.8 Å². The average molecular weight is 276 g/mol. The summed E-state index contributed by atoms with van der Waals surface area (Å²) in [5.41, 5.74) is 0.620. The van der Waals surface area contributed by atoms with Crippen molar-refractivity contribution in [3.63, 3.8) is 0 Å². The summed E-state index contributed by atoms with van der Waals surface area (Å²) < 4.78 is 10.6. The molecule has 2 atom stereocenters. The van der Waals surface area contributed by atoms with Crippen LogP contribution in [0.15, 0.2) is 24.3 Å². The fourth-order valence-electron chi connectivity index (χ4n) is 2.62. The Balaban J connectivity index is 2.19. The smallest absolute Gasteiger partial charge is 0.305 e. The second kappa shape index (κ2) is 6.55. The van der Waals surface area contributed by atoms with Gasteiger partial charge in [0.25, 0.3) is 0 Å². The van der Waals surface area contributed by atoms with Gasteiger partial charge in [-0.05, 0) is 25.0 Å². The number of benzene rings is 1. The SMILES string of the molecule is CCCC1Oc2ccccc2C(=O)C1CCC(=O)OC. The molecule has 1 aliphatic heterocycles. The van der Waals surface area contributed by atoms with Crippen molar-refractivity contribution < 1.29 is 19.1 Å². The normalized spacial score (nSPS) is 21.0. The molecule has 2 rings (SSSR count). The maximum atomic E-state index is 12.6. The van der Waals surface area contributed by atoms with Crippen LogP contribution >= 0.6 is 0 Å². The van der Waals surface area contributed by atoms with Crippen LogP contribution in [0, 0.1) is 5.92 Å². The van der Waals surface area contributed by atoms with Crippen molar-refractivity contribution in [1.82, 2.24) is 0 Å². The zero-order valence-electron chi connectivity index (χ0n) is 11.9. The summed E-state index contributed by atoms with van der Waals surface area (Å²) in [5, 5.41) is 0. The fourth-order valence-corrected chi connectivity index (χ4v) is 2.62. The fraction of sp³-hybridized carbons (Fsp3) is 0.500. The minimum Gasteiger partial charge on any atom is -0.489 e. The van der Waals surface area contributed by atoms with Crippen LogP contribution in [0.2, 0.25) is 0 Å². The number of methoxy groups -OCH3 is 1. The lowest BCUT2D eigenvalue weighted by atomic mass is 9.84. The molecule has 0 N–H and O–H groups in total. The van der Waals surface area contributed by atoms with Crippen LogP contribution in [0.1, 0.15) is 43.0 Å². The summed E-state index contributed by atoms with van der Waals surface area (Å²) in [6.45, 7) is 2.06. The molecule has 1 aromatic carbocycles. The van der Waals surface area contributed by atoms with E-state index in [4.69, 9.17) is 4.74 Å². The molecule has 0 saturated carbocycles. The second-order valence-corrected chi connectivity index (χ2v) is 5.03. The number of ether oxygens (including phenoxy) is 2. The minimum absolute atomic E-state index is 0.0780. The van der Waals surface area contributed by atoms with Crippen molar-refractivity contribution >= 4 is 11.8 Å². The zero-order chi connectivity index (χ0) is 14.5. The van der Waals surface area contributed by atoms with Gasteiger partial charge in [0.05, 0.1) is 18.6 Å². The maximum absolute atomic E-state index is 12.6. The van der Waals surface area contributed by atoms with Gasteiger partial charge in [-0.15, -0.1) is 0 Å². The molecule has 4 heteroatoms. The van der Waals surface area contributed by atoms with Gasteiger partial charge in [-0.3, -0.25) is 9.59 Å². The highest BCUT2D eigenvalue weighted by atomic mass is 16.5. The Kier molecular flexibility index (Phi) is 4.77. The average Bonchev–Trinajstić information content (AvgIpc) is 2.47. The summed E-state index contributed by atoms with van der Waals surface area (Å²) in [5.74, 6) is 0.190. The molecule has 0 bridgehead atoms. The first-order valence-electron chi connectivity index (χ1n) is 7.04. The van der Waals surface area contributed by atoms with Crippen molar-refractivity contribution in [2.24, 2.45) is 5.92 Å². The predicted octanol–water partition coefficient (Wildman–Crippen LogP) is 3.00. The molecule has 1 heterocycles. The lowest BCUT2D eigenvalue weighted by Crippen LogP contribution is -2.38. The van der Waals surface area contributed by atoms with Crippen molar-refractivity contribution in [1.29, 1.82) is 0 Å². The van der Waals surface area contributed by atoms with Crippen LogP contribution in [0.25, 0.3) is 0 Å². The highest BCUT2D eigenvalue weighted by Crippen LogP contribution is 2.34. The summed E-state index contributed by atoms with van der Waals surface area (Å²) in [7, 11) is 1.36. The molecule has 0 aliphatic carbocycles. The number of hydrogen-bond donors (Lipinski definition) is 0. The first kappa shape index (κ1) is 14.6. The molecule has 0 radical (unpaired) electrons. The van der Waals surface area contributed by atoms with Gasteiger partial charge >= 0.3 is 5.97 Å². The number of Topliss-reactive ketones (excluding diaryl/α,β-unsaturated/α-hetero) is 1. The molecular formula is C16H20O4. The van der Waals surface area contributed by atoms with Crippen LogP contribution < -0.4 is 4.74 Å². The first-order valence-corrected chi connectivity index (χ1v) is 7.04. The van der Waals surface area contributed by atoms with E-state index in [1.165, 1.54) is 7.11 Å². The monoisotopic (exact) mass is 276 g/mol. The molecule has 0 saturated heterocycles. The van der Waals surface area contributed by atoms with Gasteiger partial charge in [-0.25, -0.2) is 0 Å². The highest BCUT2D eigenvalue weighted by Gasteiger charge is 2.36. The lowest BCUT2D eigenvalue weighted by Gasteiger charge is -2.32. The second-order valence-electron chi connectivity index (χ2n) is 5.03. The van der Waals surface area contributed by atoms with Crippen molar-refractivity contribution in [3.05, 3.63) is 29.8 Å². The number of fused-ring (bicyclic) bond motifs is 1. The molecule has 0 fully saturated rings. The third-order valence-electron chi connectivity index (χ3n) is 3.68. The lowest BCUT2D eigenvalue weighted by molar-refractivity contribution is -0.141. The maximum Gasteiger partial charge on any atom is 0.305 e. The summed E-state index contributed by atoms with van der Waals surface area (Å²) in [4.78, 5) is 23.9. The van der Waals surface area contributed by atoms with Gasteiger partial charge in [0.2, 0.25) is 0 Å². The molecular weight excluding hydrogens is 256 g/mol. The van der Waals surface area contributed by atoms with Crippen LogP contribution in [0.4, 0.5) is 0 Å². The standard InChI is InChI=1S/C16H20O4/c1-3-6-13-12(9-10-15(17)19-2)16(18)11-7-4-5-8-14(11)20-13/h4-5,7-8,12-13H,3,6,9-10H2,1-2H3. The molecule has 0 spiro atoms. The Morgan fingerprint density at radius 1 is 1.30 bits per heavy atom. The van der Waals surface area contributed by atoms with Gasteiger partial charge in [0.1, 0.15) is 11.9 Å². The van der Waals surface area contributed by atoms with E-state index in [9.17, 15) is 9.59 Å². The van der Waals surface area contributed by atoms with E-state index >= 15 is 0 Å². The van der Waals surface area contributed by atoms with E-state index in [-0.39, 0.29) is 30.2 Å². The topological polar surface area (TPSA) is 52.6 Å². The van der Waals surface area contributed by atoms with E-state index in [2.05, 4.69) is 11.7 Å². The number of carbonyl (C=O) groups excluding carboxylic acids is 2. The molecule has 108 valence electrons. The van der Waals surface area contributed by atoms with Gasteiger partial charge in [0, 0.05) is 6.42 Å². The van der Waals surface area contributed by atoms with E-state index in [1.54, 1.807) is 6.07 Å². The molecule has 1 aliphatic rings. The van der Waals surface area contributed by atoms with E-state index in [1.807, 2.05) is 18.2 Å². The zero-order valence-corrected chi connectivity index (χ0v) is 11.9. The van der Waals surface area contributed by atoms with Crippen LogP contribution in [0.5, 0.6) is 5.75 Å². The van der Waals surface area contributed by atoms with E-state index < -0.39 is 0 Å². The minimum atomic E-state index is -0.285. The largest absolute Gasteiger partial charge is 0.489 e. The van der Waals surface area contributed by atoms with Crippen molar-refractivity contribution in [3.8, 4) is 5.75 Å². The number of para-hydroxylation sites is 1. The van der Waals surface area contributed by atoms with Crippen LogP contribution in [0.3, 0.4) is 0 Å². The molecule has 4 nitrogen and oxygen atoms in total. The number of hydrogen-bond acceptors (Lipinski definition) is 4. The summed E-state index contributed by atoms with van der Waals surface area (Å²) in [6.07, 6.45) is 2.33. The predicted molar refractivity (Wildman–Crippen MR) is 74.8 cm³/mol. The molecule has 20 heavy (non-hydrogen) atoms. The number of esters is 1. The molecule has 0 amide bonds. The molecule has 0 aromatic heterocycles. The number of carbonyl (C=O) groups is 2. The Hall–Kier alpha value is -1.84. The third-order valence-corrected chi connectivity index (χ3v) is 3.68. The number of rotatable bonds is 5. The summed E-state index contributed by atoms with van der Waals surface area (Å²) in [6, 6.07) is 7.30. The van der Waals surface area contributed by atoms with Crippen molar-refractivity contribution in [2.45, 2.75) is 38.7 Å².